The van der Waals surface area contributed by atoms with Crippen LogP contribution in [0.5, 0.6) is 0 Å². The fourth-order valence-corrected chi connectivity index (χ4v) is 3.72. The maximum Gasteiger partial charge on any atom is 0.237 e. The van der Waals surface area contributed by atoms with Crippen LogP contribution < -0.4 is 4.72 Å². The zero-order valence-corrected chi connectivity index (χ0v) is 15.4. The van der Waals surface area contributed by atoms with Gasteiger partial charge in [-0.05, 0) is 43.3 Å². The van der Waals surface area contributed by atoms with E-state index in [1.54, 1.807) is 20.8 Å². The quantitative estimate of drug-likeness (QED) is 0.761. The van der Waals surface area contributed by atoms with E-state index in [1.807, 2.05) is 35.7 Å². The van der Waals surface area contributed by atoms with Crippen LogP contribution in [0.1, 0.15) is 26.3 Å². The number of benzene rings is 1. The van der Waals surface area contributed by atoms with Crippen molar-refractivity contribution in [2.24, 2.45) is 0 Å². The molecule has 0 atom stereocenters. The van der Waals surface area contributed by atoms with Gasteiger partial charge in [0.15, 0.2) is 0 Å². The Balaban J connectivity index is 2.35. The van der Waals surface area contributed by atoms with E-state index in [2.05, 4.69) is 20.7 Å². The predicted molar refractivity (Wildman–Crippen MR) is 94.7 cm³/mol. The minimum absolute atomic E-state index is 0.640. The van der Waals surface area contributed by atoms with Gasteiger partial charge < -0.3 is 0 Å². The first-order valence-electron chi connectivity index (χ1n) is 6.50. The molecule has 0 spiro atoms. The Bertz CT molecular complexity index is 713. The molecule has 0 saturated carbocycles. The molecule has 1 aromatic carbocycles. The van der Waals surface area contributed by atoms with E-state index in [1.165, 1.54) is 16.9 Å². The number of anilines is 1. The molecule has 21 heavy (non-hydrogen) atoms. The van der Waals surface area contributed by atoms with Crippen molar-refractivity contribution in [1.29, 1.82) is 0 Å². The Morgan fingerprint density at radius 2 is 1.76 bits per heavy atom. The largest absolute Gasteiger partial charge is 0.282 e. The lowest BCUT2D eigenvalue weighted by molar-refractivity contribution is 0.566. The first-order valence-corrected chi connectivity index (χ1v) is 9.98. The number of nitrogens with one attached hydrogen (secondary N) is 1. The normalized spacial score (nSPS) is 12.4. The maximum atomic E-state index is 12.3. The number of thiophene rings is 1. The van der Waals surface area contributed by atoms with E-state index in [4.69, 9.17) is 0 Å². The fraction of sp³-hybridized carbons (Fsp3) is 0.333. The SMILES string of the molecule is CC(C)(C)S(=O)(=O)Nc1ccsc1-c1ccc(CBr)cc1. The molecule has 0 amide bonds. The van der Waals surface area contributed by atoms with E-state index in [0.717, 1.165) is 15.8 Å². The van der Waals surface area contributed by atoms with Crippen molar-refractivity contribution < 1.29 is 8.42 Å². The average molecular weight is 388 g/mol. The van der Waals surface area contributed by atoms with E-state index in [9.17, 15) is 8.42 Å². The Hall–Kier alpha value is -0.850. The highest BCUT2D eigenvalue weighted by atomic mass is 79.9. The van der Waals surface area contributed by atoms with Gasteiger partial charge in [0.25, 0.3) is 0 Å². The number of hydrogen-bond acceptors (Lipinski definition) is 3. The summed E-state index contributed by atoms with van der Waals surface area (Å²) in [5, 5.41) is 2.70. The molecule has 2 rings (SSSR count). The molecule has 0 bridgehead atoms. The van der Waals surface area contributed by atoms with Crippen LogP contribution in [-0.2, 0) is 15.4 Å². The summed E-state index contributed by atoms with van der Waals surface area (Å²) in [6, 6.07) is 9.90. The summed E-state index contributed by atoms with van der Waals surface area (Å²) < 4.78 is 26.4. The van der Waals surface area contributed by atoms with Gasteiger partial charge in [-0.3, -0.25) is 4.72 Å². The number of sulfonamides is 1. The second-order valence-corrected chi connectivity index (χ2v) is 9.62. The van der Waals surface area contributed by atoms with E-state index >= 15 is 0 Å². The molecule has 3 nitrogen and oxygen atoms in total. The third-order valence-corrected chi connectivity index (χ3v) is 6.80. The van der Waals surface area contributed by atoms with Gasteiger partial charge in [0.05, 0.1) is 15.3 Å². The smallest absolute Gasteiger partial charge is 0.237 e. The minimum atomic E-state index is -3.41. The summed E-state index contributed by atoms with van der Waals surface area (Å²) in [6.45, 7) is 5.06. The molecular weight excluding hydrogens is 370 g/mol. The minimum Gasteiger partial charge on any atom is -0.282 e. The molecule has 2 aromatic rings. The van der Waals surface area contributed by atoms with Gasteiger partial charge in [-0.25, -0.2) is 8.42 Å². The van der Waals surface area contributed by atoms with Crippen LogP contribution in [0.4, 0.5) is 5.69 Å². The van der Waals surface area contributed by atoms with Crippen LogP contribution in [0.3, 0.4) is 0 Å². The lowest BCUT2D eigenvalue weighted by atomic mass is 10.1. The zero-order chi connectivity index (χ0) is 15.7. The van der Waals surface area contributed by atoms with Gasteiger partial charge in [-0.1, -0.05) is 40.2 Å². The van der Waals surface area contributed by atoms with Crippen molar-refractivity contribution in [3.8, 4) is 10.4 Å². The molecule has 0 saturated heterocycles. The van der Waals surface area contributed by atoms with Crippen LogP contribution in [0.25, 0.3) is 10.4 Å². The van der Waals surface area contributed by atoms with E-state index < -0.39 is 14.8 Å². The van der Waals surface area contributed by atoms with Gasteiger partial charge in [-0.15, -0.1) is 11.3 Å². The van der Waals surface area contributed by atoms with Crippen molar-refractivity contribution in [1.82, 2.24) is 0 Å². The Kier molecular flexibility index (Phi) is 4.80. The van der Waals surface area contributed by atoms with Gasteiger partial charge in [0.1, 0.15) is 0 Å². The molecule has 0 fully saturated rings. The van der Waals surface area contributed by atoms with E-state index in [0.29, 0.717) is 5.69 Å². The van der Waals surface area contributed by atoms with Gasteiger partial charge in [-0.2, -0.15) is 0 Å². The van der Waals surface area contributed by atoms with Gasteiger partial charge in [0, 0.05) is 5.33 Å². The predicted octanol–water partition coefficient (Wildman–Crippen LogP) is 4.85. The highest BCUT2D eigenvalue weighted by molar-refractivity contribution is 9.08. The summed E-state index contributed by atoms with van der Waals surface area (Å²) in [4.78, 5) is 0.934. The van der Waals surface area contributed by atoms with Crippen molar-refractivity contribution in [2.45, 2.75) is 30.8 Å². The first kappa shape index (κ1) is 16.5. The number of hydrogen-bond donors (Lipinski definition) is 1. The Morgan fingerprint density at radius 3 is 2.29 bits per heavy atom. The topological polar surface area (TPSA) is 46.2 Å². The maximum absolute atomic E-state index is 12.3. The summed E-state index contributed by atoms with van der Waals surface area (Å²) >= 11 is 4.95. The molecular formula is C15H18BrNO2S2. The Labute approximate surface area is 138 Å². The highest BCUT2D eigenvalue weighted by Gasteiger charge is 2.29. The molecule has 6 heteroatoms. The highest BCUT2D eigenvalue weighted by Crippen LogP contribution is 2.35. The number of halogens is 1. The van der Waals surface area contributed by atoms with Crippen LogP contribution in [0.15, 0.2) is 35.7 Å². The van der Waals surface area contributed by atoms with Gasteiger partial charge in [0.2, 0.25) is 10.0 Å². The molecule has 0 aliphatic heterocycles. The zero-order valence-electron chi connectivity index (χ0n) is 12.2. The monoisotopic (exact) mass is 387 g/mol. The van der Waals surface area contributed by atoms with Crippen LogP contribution in [-0.4, -0.2) is 13.2 Å². The summed E-state index contributed by atoms with van der Waals surface area (Å²) in [5.74, 6) is 0. The van der Waals surface area contributed by atoms with Crippen molar-refractivity contribution in [2.75, 3.05) is 4.72 Å². The van der Waals surface area contributed by atoms with Crippen LogP contribution >= 0.6 is 27.3 Å². The molecule has 0 unspecified atom stereocenters. The fourth-order valence-electron chi connectivity index (χ4n) is 1.66. The van der Waals surface area contributed by atoms with Crippen molar-refractivity contribution >= 4 is 43.0 Å². The third kappa shape index (κ3) is 3.67. The number of alkyl halides is 1. The standard InChI is InChI=1S/C15H18BrNO2S2/c1-15(2,3)21(18,19)17-13-8-9-20-14(13)12-6-4-11(10-16)5-7-12/h4-9,17H,10H2,1-3H3. The number of rotatable bonds is 4. The second-order valence-electron chi connectivity index (χ2n) is 5.71. The summed E-state index contributed by atoms with van der Waals surface area (Å²) in [6.07, 6.45) is 0. The summed E-state index contributed by atoms with van der Waals surface area (Å²) in [5.41, 5.74) is 2.84. The second kappa shape index (κ2) is 6.10. The Morgan fingerprint density at radius 1 is 1.14 bits per heavy atom. The van der Waals surface area contributed by atoms with Crippen molar-refractivity contribution in [3.63, 3.8) is 0 Å². The first-order chi connectivity index (χ1) is 9.74. The van der Waals surface area contributed by atoms with Crippen LogP contribution in [0.2, 0.25) is 0 Å². The third-order valence-electron chi connectivity index (χ3n) is 3.09. The van der Waals surface area contributed by atoms with E-state index in [-0.39, 0.29) is 0 Å². The van der Waals surface area contributed by atoms with Crippen molar-refractivity contribution in [3.05, 3.63) is 41.3 Å². The van der Waals surface area contributed by atoms with Gasteiger partial charge >= 0.3 is 0 Å². The molecule has 0 aliphatic carbocycles. The molecule has 1 aromatic heterocycles. The molecule has 1 heterocycles. The molecule has 114 valence electrons. The van der Waals surface area contributed by atoms with Crippen LogP contribution in [0, 0.1) is 0 Å². The average Bonchev–Trinajstić information content (AvgIpc) is 2.85. The molecule has 0 radical (unpaired) electrons. The lowest BCUT2D eigenvalue weighted by Crippen LogP contribution is -2.33. The molecule has 0 aliphatic rings. The summed E-state index contributed by atoms with van der Waals surface area (Å²) in [7, 11) is -3.41. The lowest BCUT2D eigenvalue weighted by Gasteiger charge is -2.20. The molecule has 1 N–H and O–H groups in total.